The van der Waals surface area contributed by atoms with E-state index in [1.807, 2.05) is 19.9 Å². The number of benzene rings is 1. The van der Waals surface area contributed by atoms with Crippen LogP contribution in [0.4, 0.5) is 0 Å². The first-order chi connectivity index (χ1) is 11.5. The normalized spacial score (nSPS) is 13.6. The van der Waals surface area contributed by atoms with Crippen LogP contribution < -0.4 is 0 Å². The highest BCUT2D eigenvalue weighted by molar-refractivity contribution is 6.03. The highest BCUT2D eigenvalue weighted by Gasteiger charge is 2.26. The van der Waals surface area contributed by atoms with E-state index in [1.165, 1.54) is 5.57 Å². The maximum Gasteiger partial charge on any atom is 0.172 e. The zero-order valence-electron chi connectivity index (χ0n) is 15.8. The monoisotopic (exact) mass is 350 g/mol. The Kier molecular flexibility index (Phi) is 7.06. The number of rotatable bonds is 8. The second kappa shape index (κ2) is 8.39. The van der Waals surface area contributed by atoms with Crippen LogP contribution in [0.25, 0.3) is 0 Å². The van der Waals surface area contributed by atoms with E-state index in [4.69, 9.17) is 0 Å². The first-order valence-electron chi connectivity index (χ1n) is 8.63. The van der Waals surface area contributed by atoms with Crippen molar-refractivity contribution in [3.63, 3.8) is 0 Å². The van der Waals surface area contributed by atoms with Gasteiger partial charge in [-0.15, -0.1) is 0 Å². The molecule has 1 unspecified atom stereocenters. The third kappa shape index (κ3) is 5.78. The fourth-order valence-corrected chi connectivity index (χ4v) is 2.65. The second-order valence-electron chi connectivity index (χ2n) is 7.45. The minimum absolute atomic E-state index is 0.171. The number of allylic oxidation sites excluding steroid dienone is 2. The molecule has 0 spiro atoms. The number of hydrogen-bond donors (Lipinski definition) is 4. The summed E-state index contributed by atoms with van der Waals surface area (Å²) in [4.78, 5) is 12.2. The van der Waals surface area contributed by atoms with Crippen LogP contribution in [0, 0.1) is 5.92 Å². The summed E-state index contributed by atoms with van der Waals surface area (Å²) in [6.45, 7) is 9.03. The van der Waals surface area contributed by atoms with E-state index >= 15 is 0 Å². The Morgan fingerprint density at radius 3 is 2.28 bits per heavy atom. The first kappa shape index (κ1) is 21.0. The molecule has 0 aliphatic carbocycles. The molecule has 0 saturated heterocycles. The van der Waals surface area contributed by atoms with Crippen molar-refractivity contribution in [3.8, 4) is 17.2 Å². The zero-order chi connectivity index (χ0) is 19.4. The molecule has 0 heterocycles. The highest BCUT2D eigenvalue weighted by Crippen LogP contribution is 2.40. The molecule has 0 bridgehead atoms. The Bertz CT molecular complexity index is 653. The van der Waals surface area contributed by atoms with Gasteiger partial charge in [0, 0.05) is 17.5 Å². The highest BCUT2D eigenvalue weighted by atomic mass is 16.3. The van der Waals surface area contributed by atoms with Gasteiger partial charge in [0.1, 0.15) is 22.8 Å². The third-order valence-corrected chi connectivity index (χ3v) is 4.28. The number of hydrogen-bond acceptors (Lipinski definition) is 5. The predicted molar refractivity (Wildman–Crippen MR) is 98.2 cm³/mol. The van der Waals surface area contributed by atoms with Gasteiger partial charge in [-0.3, -0.25) is 4.79 Å². The standard InChI is InChI=1S/C20H30O5/c1-12(2)7-6-9-20(5,25)10-8-14-15(21)11-16(22)17(19(14)24)18(23)13(3)4/h7,11,13,21-22,24-25H,6,8-10H2,1-5H3. The molecule has 1 aromatic carbocycles. The minimum Gasteiger partial charge on any atom is -0.507 e. The number of aliphatic hydroxyl groups is 1. The Balaban J connectivity index is 3.01. The molecule has 1 atom stereocenters. The smallest absolute Gasteiger partial charge is 0.172 e. The van der Waals surface area contributed by atoms with Crippen LogP contribution in [0.15, 0.2) is 17.7 Å². The number of Topliss-reactive ketones (excluding diaryl/α,β-unsaturated/α-hetero) is 1. The van der Waals surface area contributed by atoms with Crippen molar-refractivity contribution in [2.75, 3.05) is 0 Å². The van der Waals surface area contributed by atoms with Crippen molar-refractivity contribution >= 4 is 5.78 Å². The van der Waals surface area contributed by atoms with E-state index < -0.39 is 28.8 Å². The number of carbonyl (C=O) groups is 1. The Hall–Kier alpha value is -2.01. The molecule has 140 valence electrons. The molecular weight excluding hydrogens is 320 g/mol. The lowest BCUT2D eigenvalue weighted by Gasteiger charge is -2.23. The van der Waals surface area contributed by atoms with Crippen LogP contribution in [0.1, 0.15) is 69.8 Å². The third-order valence-electron chi connectivity index (χ3n) is 4.28. The minimum atomic E-state index is -0.967. The summed E-state index contributed by atoms with van der Waals surface area (Å²) in [6, 6.07) is 1.07. The lowest BCUT2D eigenvalue weighted by Crippen LogP contribution is -2.24. The predicted octanol–water partition coefficient (Wildman–Crippen LogP) is 4.07. The molecule has 0 saturated carbocycles. The summed E-state index contributed by atoms with van der Waals surface area (Å²) in [5.41, 5.74) is 0.211. The largest absolute Gasteiger partial charge is 0.507 e. The van der Waals surface area contributed by atoms with E-state index in [1.54, 1.807) is 20.8 Å². The van der Waals surface area contributed by atoms with Gasteiger partial charge in [0.05, 0.1) is 5.60 Å². The molecular formula is C20H30O5. The SMILES string of the molecule is CC(C)=CCCC(C)(O)CCc1c(O)cc(O)c(C(=O)C(C)C)c1O. The fraction of sp³-hybridized carbons (Fsp3) is 0.550. The average molecular weight is 350 g/mol. The van der Waals surface area contributed by atoms with Crippen molar-refractivity contribution < 1.29 is 25.2 Å². The quantitative estimate of drug-likeness (QED) is 0.418. The Labute approximate surface area is 149 Å². The molecule has 1 aromatic rings. The van der Waals surface area contributed by atoms with Crippen molar-refractivity contribution in [2.24, 2.45) is 5.92 Å². The van der Waals surface area contributed by atoms with E-state index in [2.05, 4.69) is 0 Å². The van der Waals surface area contributed by atoms with Gasteiger partial charge in [-0.2, -0.15) is 0 Å². The molecule has 5 nitrogen and oxygen atoms in total. The van der Waals surface area contributed by atoms with E-state index in [9.17, 15) is 25.2 Å². The Morgan fingerprint density at radius 2 is 1.76 bits per heavy atom. The van der Waals surface area contributed by atoms with Crippen molar-refractivity contribution in [1.29, 1.82) is 0 Å². The molecule has 0 radical (unpaired) electrons. The lowest BCUT2D eigenvalue weighted by atomic mass is 9.89. The summed E-state index contributed by atoms with van der Waals surface area (Å²) in [7, 11) is 0. The van der Waals surface area contributed by atoms with Gasteiger partial charge in [0.25, 0.3) is 0 Å². The molecule has 5 heteroatoms. The summed E-state index contributed by atoms with van der Waals surface area (Å²) in [6.07, 6.45) is 3.84. The lowest BCUT2D eigenvalue weighted by molar-refractivity contribution is 0.0430. The molecule has 25 heavy (non-hydrogen) atoms. The maximum atomic E-state index is 12.2. The van der Waals surface area contributed by atoms with Crippen LogP contribution in [-0.4, -0.2) is 31.8 Å². The molecule has 0 aliphatic heterocycles. The van der Waals surface area contributed by atoms with Crippen LogP contribution >= 0.6 is 0 Å². The molecule has 0 aromatic heterocycles. The number of phenolic OH excluding ortho intramolecular Hbond substituents is 3. The van der Waals surface area contributed by atoms with Crippen molar-refractivity contribution in [3.05, 3.63) is 28.8 Å². The van der Waals surface area contributed by atoms with Crippen molar-refractivity contribution in [2.45, 2.75) is 65.9 Å². The van der Waals surface area contributed by atoms with Gasteiger partial charge in [0.15, 0.2) is 5.78 Å². The zero-order valence-corrected chi connectivity index (χ0v) is 15.8. The van der Waals surface area contributed by atoms with Crippen molar-refractivity contribution in [1.82, 2.24) is 0 Å². The molecule has 4 N–H and O–H groups in total. The number of phenols is 3. The first-order valence-corrected chi connectivity index (χ1v) is 8.63. The fourth-order valence-electron chi connectivity index (χ4n) is 2.65. The summed E-state index contributed by atoms with van der Waals surface area (Å²) >= 11 is 0. The second-order valence-corrected chi connectivity index (χ2v) is 7.45. The van der Waals surface area contributed by atoms with Gasteiger partial charge in [-0.25, -0.2) is 0 Å². The van der Waals surface area contributed by atoms with E-state index in [0.29, 0.717) is 12.8 Å². The van der Waals surface area contributed by atoms with Crippen LogP contribution in [0.3, 0.4) is 0 Å². The van der Waals surface area contributed by atoms with Gasteiger partial charge in [-0.05, 0) is 46.5 Å². The summed E-state index contributed by atoms with van der Waals surface area (Å²) in [5, 5.41) is 40.8. The van der Waals surface area contributed by atoms with Gasteiger partial charge in [0.2, 0.25) is 0 Å². The van der Waals surface area contributed by atoms with E-state index in [-0.39, 0.29) is 23.3 Å². The maximum absolute atomic E-state index is 12.2. The molecule has 1 rings (SSSR count). The van der Waals surface area contributed by atoms with Crippen LogP contribution in [0.2, 0.25) is 0 Å². The summed E-state index contributed by atoms with van der Waals surface area (Å²) < 4.78 is 0. The number of ketones is 1. The van der Waals surface area contributed by atoms with Gasteiger partial charge < -0.3 is 20.4 Å². The van der Waals surface area contributed by atoms with E-state index in [0.717, 1.165) is 12.5 Å². The molecule has 0 amide bonds. The average Bonchev–Trinajstić information content (AvgIpc) is 2.45. The van der Waals surface area contributed by atoms with Gasteiger partial charge >= 0.3 is 0 Å². The topological polar surface area (TPSA) is 98.0 Å². The van der Waals surface area contributed by atoms with Crippen LogP contribution in [0.5, 0.6) is 17.2 Å². The number of carbonyl (C=O) groups excluding carboxylic acids is 1. The molecule has 0 aliphatic rings. The summed E-state index contributed by atoms with van der Waals surface area (Å²) in [5.74, 6) is -1.92. The molecule has 0 fully saturated rings. The van der Waals surface area contributed by atoms with Crippen LogP contribution in [-0.2, 0) is 6.42 Å². The number of aromatic hydroxyl groups is 3. The Morgan fingerprint density at radius 1 is 1.16 bits per heavy atom. The van der Waals surface area contributed by atoms with Gasteiger partial charge in [-0.1, -0.05) is 25.5 Å².